The molecule has 0 fully saturated rings. The topological polar surface area (TPSA) is 75.6 Å². The number of para-hydroxylation sites is 2. The van der Waals surface area contributed by atoms with Crippen LogP contribution in [0.15, 0.2) is 36.9 Å². The molecule has 2 aromatic heterocycles. The number of benzene rings is 1. The Morgan fingerprint density at radius 2 is 2.25 bits per heavy atom. The van der Waals surface area contributed by atoms with Crippen molar-refractivity contribution in [1.29, 1.82) is 0 Å². The Labute approximate surface area is 140 Å². The lowest BCUT2D eigenvalue weighted by Gasteiger charge is -2.20. The number of aromatic nitrogens is 4. The van der Waals surface area contributed by atoms with Crippen molar-refractivity contribution in [2.24, 2.45) is 5.92 Å². The van der Waals surface area contributed by atoms with Gasteiger partial charge in [0.25, 0.3) is 0 Å². The first-order chi connectivity index (χ1) is 11.8. The fraction of sp³-hybridized carbons (Fsp3) is 0.389. The van der Waals surface area contributed by atoms with Crippen LogP contribution in [0.2, 0.25) is 0 Å². The molecule has 6 nitrogen and oxygen atoms in total. The van der Waals surface area contributed by atoms with Crippen molar-refractivity contribution < 1.29 is 4.79 Å². The zero-order chi connectivity index (χ0) is 16.4. The van der Waals surface area contributed by atoms with Crippen LogP contribution in [0.5, 0.6) is 0 Å². The van der Waals surface area contributed by atoms with Crippen molar-refractivity contribution in [3.63, 3.8) is 0 Å². The van der Waals surface area contributed by atoms with Gasteiger partial charge in [0.1, 0.15) is 0 Å². The van der Waals surface area contributed by atoms with Gasteiger partial charge in [-0.2, -0.15) is 0 Å². The summed E-state index contributed by atoms with van der Waals surface area (Å²) in [6.07, 6.45) is 7.03. The lowest BCUT2D eigenvalue weighted by atomic mass is 9.89. The normalized spacial score (nSPS) is 16.9. The van der Waals surface area contributed by atoms with Gasteiger partial charge in [0, 0.05) is 31.1 Å². The van der Waals surface area contributed by atoms with E-state index in [1.165, 1.54) is 0 Å². The number of fused-ring (bicyclic) bond motifs is 2. The quantitative estimate of drug-likeness (QED) is 0.706. The first-order valence-electron chi connectivity index (χ1n) is 8.50. The molecule has 2 heterocycles. The fourth-order valence-corrected chi connectivity index (χ4v) is 3.42. The smallest absolute Gasteiger partial charge is 0.223 e. The van der Waals surface area contributed by atoms with Crippen molar-refractivity contribution >= 4 is 16.9 Å². The van der Waals surface area contributed by atoms with E-state index in [-0.39, 0.29) is 11.8 Å². The van der Waals surface area contributed by atoms with Crippen LogP contribution in [-0.2, 0) is 24.2 Å². The van der Waals surface area contributed by atoms with Crippen LogP contribution in [0.4, 0.5) is 0 Å². The molecule has 3 aromatic rings. The average molecular weight is 323 g/mol. The predicted octanol–water partition coefficient (Wildman–Crippen LogP) is 2.07. The maximum absolute atomic E-state index is 12.3. The number of imidazole rings is 2. The molecule has 1 atom stereocenters. The number of hydrogen-bond donors (Lipinski definition) is 2. The van der Waals surface area contributed by atoms with E-state index < -0.39 is 0 Å². The molecule has 124 valence electrons. The molecule has 1 aliphatic rings. The third kappa shape index (κ3) is 2.91. The highest BCUT2D eigenvalue weighted by molar-refractivity contribution is 5.79. The van der Waals surface area contributed by atoms with Gasteiger partial charge in [-0.05, 0) is 31.4 Å². The number of aryl methyl sites for hydroxylation is 2. The molecule has 1 aromatic carbocycles. The van der Waals surface area contributed by atoms with Crippen LogP contribution in [0.25, 0.3) is 11.0 Å². The number of carbonyl (C=O) groups excluding carboxylic acids is 1. The highest BCUT2D eigenvalue weighted by Gasteiger charge is 2.25. The summed E-state index contributed by atoms with van der Waals surface area (Å²) >= 11 is 0. The van der Waals surface area contributed by atoms with E-state index in [0.717, 1.165) is 54.6 Å². The van der Waals surface area contributed by atoms with E-state index >= 15 is 0 Å². The van der Waals surface area contributed by atoms with E-state index in [4.69, 9.17) is 0 Å². The maximum atomic E-state index is 12.3. The van der Waals surface area contributed by atoms with Gasteiger partial charge in [0.15, 0.2) is 0 Å². The zero-order valence-corrected chi connectivity index (χ0v) is 13.5. The van der Waals surface area contributed by atoms with Crippen LogP contribution >= 0.6 is 0 Å². The molecule has 0 radical (unpaired) electrons. The third-order valence-corrected chi connectivity index (χ3v) is 4.76. The second kappa shape index (κ2) is 6.47. The first-order valence-corrected chi connectivity index (χ1v) is 8.50. The number of H-pyrrole nitrogens is 1. The monoisotopic (exact) mass is 323 g/mol. The Hall–Kier alpha value is -2.63. The van der Waals surface area contributed by atoms with Gasteiger partial charge in [-0.15, -0.1) is 0 Å². The van der Waals surface area contributed by atoms with Gasteiger partial charge in [0.05, 0.1) is 29.4 Å². The molecule has 0 aliphatic heterocycles. The van der Waals surface area contributed by atoms with E-state index in [9.17, 15) is 4.79 Å². The van der Waals surface area contributed by atoms with Crippen molar-refractivity contribution in [3.8, 4) is 0 Å². The van der Waals surface area contributed by atoms with E-state index in [1.54, 1.807) is 6.33 Å². The number of nitrogens with one attached hydrogen (secondary N) is 2. The number of aromatic amines is 1. The summed E-state index contributed by atoms with van der Waals surface area (Å²) in [5.74, 6) is 0.220. The molecule has 4 rings (SSSR count). The Kier molecular flexibility index (Phi) is 4.02. The van der Waals surface area contributed by atoms with Crippen molar-refractivity contribution in [1.82, 2.24) is 24.8 Å². The first kappa shape index (κ1) is 14.9. The average Bonchev–Trinajstić information content (AvgIpc) is 3.24. The van der Waals surface area contributed by atoms with Gasteiger partial charge in [-0.1, -0.05) is 12.1 Å². The van der Waals surface area contributed by atoms with Gasteiger partial charge < -0.3 is 14.9 Å². The lowest BCUT2D eigenvalue weighted by Crippen LogP contribution is -2.35. The molecule has 1 aliphatic carbocycles. The van der Waals surface area contributed by atoms with E-state index in [0.29, 0.717) is 6.54 Å². The molecule has 1 amide bonds. The SMILES string of the molecule is O=C(NCCCn1cnc2ccccc21)C1CCc2nc[nH]c2C1. The summed E-state index contributed by atoms with van der Waals surface area (Å²) in [5, 5.41) is 3.08. The number of hydrogen-bond acceptors (Lipinski definition) is 3. The summed E-state index contributed by atoms with van der Waals surface area (Å²) < 4.78 is 2.14. The molecule has 0 bridgehead atoms. The van der Waals surface area contributed by atoms with Gasteiger partial charge in [-0.25, -0.2) is 9.97 Å². The number of rotatable bonds is 5. The minimum Gasteiger partial charge on any atom is -0.356 e. The molecular formula is C18H21N5O. The number of carbonyl (C=O) groups is 1. The molecule has 2 N–H and O–H groups in total. The largest absolute Gasteiger partial charge is 0.356 e. The third-order valence-electron chi connectivity index (χ3n) is 4.76. The molecule has 1 unspecified atom stereocenters. The Morgan fingerprint density at radius 1 is 1.33 bits per heavy atom. The van der Waals surface area contributed by atoms with Crippen LogP contribution in [0, 0.1) is 5.92 Å². The molecular weight excluding hydrogens is 302 g/mol. The highest BCUT2D eigenvalue weighted by Crippen LogP contribution is 2.22. The number of amides is 1. The minimum absolute atomic E-state index is 0.0621. The Morgan fingerprint density at radius 3 is 3.21 bits per heavy atom. The van der Waals surface area contributed by atoms with Gasteiger partial charge in [0.2, 0.25) is 5.91 Å². The summed E-state index contributed by atoms with van der Waals surface area (Å²) in [4.78, 5) is 24.2. The summed E-state index contributed by atoms with van der Waals surface area (Å²) in [7, 11) is 0. The zero-order valence-electron chi connectivity index (χ0n) is 13.5. The minimum atomic E-state index is 0.0621. The van der Waals surface area contributed by atoms with Crippen LogP contribution in [0.3, 0.4) is 0 Å². The molecule has 6 heteroatoms. The maximum Gasteiger partial charge on any atom is 0.223 e. The van der Waals surface area contributed by atoms with E-state index in [2.05, 4.69) is 30.9 Å². The Bertz CT molecular complexity index is 850. The van der Waals surface area contributed by atoms with Gasteiger partial charge >= 0.3 is 0 Å². The predicted molar refractivity (Wildman–Crippen MR) is 91.5 cm³/mol. The molecule has 0 saturated carbocycles. The van der Waals surface area contributed by atoms with Crippen molar-refractivity contribution in [3.05, 3.63) is 48.3 Å². The van der Waals surface area contributed by atoms with E-state index in [1.807, 2.05) is 24.5 Å². The molecule has 0 spiro atoms. The van der Waals surface area contributed by atoms with Crippen LogP contribution in [-0.4, -0.2) is 32.0 Å². The number of nitrogens with zero attached hydrogens (tertiary/aromatic N) is 3. The fourth-order valence-electron chi connectivity index (χ4n) is 3.42. The van der Waals surface area contributed by atoms with Crippen LogP contribution < -0.4 is 5.32 Å². The molecule has 0 saturated heterocycles. The van der Waals surface area contributed by atoms with Gasteiger partial charge in [-0.3, -0.25) is 4.79 Å². The summed E-state index contributed by atoms with van der Waals surface area (Å²) in [6, 6.07) is 8.11. The lowest BCUT2D eigenvalue weighted by molar-refractivity contribution is -0.125. The second-order valence-electron chi connectivity index (χ2n) is 6.34. The second-order valence-corrected chi connectivity index (χ2v) is 6.34. The van der Waals surface area contributed by atoms with Crippen LogP contribution in [0.1, 0.15) is 24.2 Å². The Balaban J connectivity index is 1.26. The highest BCUT2D eigenvalue weighted by atomic mass is 16.1. The summed E-state index contributed by atoms with van der Waals surface area (Å²) in [5.41, 5.74) is 4.39. The molecule has 24 heavy (non-hydrogen) atoms. The van der Waals surface area contributed by atoms with Crippen molar-refractivity contribution in [2.75, 3.05) is 6.54 Å². The van der Waals surface area contributed by atoms with Crippen molar-refractivity contribution in [2.45, 2.75) is 32.2 Å². The standard InChI is InChI=1S/C18H21N5O/c24-18(13-6-7-14-16(10-13)21-11-20-14)19-8-3-9-23-12-22-15-4-1-2-5-17(15)23/h1-2,4-5,11-13H,3,6-10H2,(H,19,24)(H,20,21). The summed E-state index contributed by atoms with van der Waals surface area (Å²) in [6.45, 7) is 1.55.